The van der Waals surface area contributed by atoms with Crippen LogP contribution in [0.4, 0.5) is 0 Å². The molecule has 18 heavy (non-hydrogen) atoms. The number of nitrogens with one attached hydrogen (secondary N) is 1. The number of carbonyl (C=O) groups excluding carboxylic acids is 1. The molecule has 0 aliphatic carbocycles. The topological polar surface area (TPSA) is 66.4 Å². The van der Waals surface area contributed by atoms with Gasteiger partial charge in [-0.05, 0) is 31.0 Å². The van der Waals surface area contributed by atoms with Gasteiger partial charge in [-0.1, -0.05) is 35.3 Å². The van der Waals surface area contributed by atoms with Gasteiger partial charge in [-0.3, -0.25) is 4.79 Å². The van der Waals surface area contributed by atoms with E-state index >= 15 is 0 Å². The van der Waals surface area contributed by atoms with Crippen LogP contribution in [0.15, 0.2) is 22.7 Å². The number of carbonyl (C=O) groups is 2. The first-order valence-electron chi connectivity index (χ1n) is 5.76. The quantitative estimate of drug-likeness (QED) is 0.878. The second-order valence-electron chi connectivity index (χ2n) is 4.07. The zero-order chi connectivity index (χ0) is 13.7. The van der Waals surface area contributed by atoms with Crippen molar-refractivity contribution in [1.82, 2.24) is 5.32 Å². The minimum absolute atomic E-state index is 0.352. The van der Waals surface area contributed by atoms with Crippen molar-refractivity contribution in [2.24, 2.45) is 0 Å². The molecule has 4 nitrogen and oxygen atoms in total. The zero-order valence-electron chi connectivity index (χ0n) is 10.4. The van der Waals surface area contributed by atoms with Gasteiger partial charge in [0.15, 0.2) is 0 Å². The van der Waals surface area contributed by atoms with E-state index < -0.39 is 12.0 Å². The highest BCUT2D eigenvalue weighted by molar-refractivity contribution is 9.10. The molecule has 1 aromatic rings. The Hall–Kier alpha value is -1.36. The fraction of sp³-hybridized carbons (Fsp3) is 0.385. The van der Waals surface area contributed by atoms with Gasteiger partial charge in [-0.2, -0.15) is 0 Å². The van der Waals surface area contributed by atoms with Crippen LogP contribution >= 0.6 is 15.9 Å². The van der Waals surface area contributed by atoms with Gasteiger partial charge in [-0.15, -0.1) is 0 Å². The minimum atomic E-state index is -1.00. The zero-order valence-corrected chi connectivity index (χ0v) is 12.0. The highest BCUT2D eigenvalue weighted by atomic mass is 79.9. The Balaban J connectivity index is 2.87. The second kappa shape index (κ2) is 6.54. The Morgan fingerprint density at radius 1 is 1.44 bits per heavy atom. The SMILES string of the molecule is CCCC(NC(=O)c1cccc(Br)c1C)C(=O)O. The van der Waals surface area contributed by atoms with Crippen molar-refractivity contribution in [3.8, 4) is 0 Å². The average molecular weight is 314 g/mol. The van der Waals surface area contributed by atoms with Crippen molar-refractivity contribution >= 4 is 27.8 Å². The third-order valence-electron chi connectivity index (χ3n) is 2.69. The van der Waals surface area contributed by atoms with E-state index in [9.17, 15) is 9.59 Å². The van der Waals surface area contributed by atoms with Crippen LogP contribution in [0.3, 0.4) is 0 Å². The number of aliphatic carboxylic acids is 1. The molecule has 0 saturated heterocycles. The molecule has 1 rings (SSSR count). The third kappa shape index (κ3) is 3.57. The molecule has 0 aromatic heterocycles. The van der Waals surface area contributed by atoms with Crippen molar-refractivity contribution in [2.45, 2.75) is 32.7 Å². The first-order chi connectivity index (χ1) is 8.47. The summed E-state index contributed by atoms with van der Waals surface area (Å²) in [5, 5.41) is 11.5. The maximum atomic E-state index is 12.0. The van der Waals surface area contributed by atoms with E-state index in [0.29, 0.717) is 18.4 Å². The van der Waals surface area contributed by atoms with Crippen LogP contribution in [0, 0.1) is 6.92 Å². The van der Waals surface area contributed by atoms with Crippen LogP contribution in [0.5, 0.6) is 0 Å². The summed E-state index contributed by atoms with van der Waals surface area (Å²) in [7, 11) is 0. The standard InChI is InChI=1S/C13H16BrNO3/c1-3-5-11(13(17)18)15-12(16)9-6-4-7-10(14)8(9)2/h4,6-7,11H,3,5H2,1-2H3,(H,15,16)(H,17,18). The fourth-order valence-electron chi connectivity index (χ4n) is 1.64. The lowest BCUT2D eigenvalue weighted by atomic mass is 10.1. The average Bonchev–Trinajstić information content (AvgIpc) is 2.31. The number of halogens is 1. The fourth-order valence-corrected chi connectivity index (χ4v) is 2.00. The number of amides is 1. The van der Waals surface area contributed by atoms with Crippen LogP contribution in [0.25, 0.3) is 0 Å². The van der Waals surface area contributed by atoms with Gasteiger partial charge in [0.2, 0.25) is 0 Å². The molecule has 0 heterocycles. The molecular weight excluding hydrogens is 298 g/mol. The molecule has 2 N–H and O–H groups in total. The van der Waals surface area contributed by atoms with E-state index in [2.05, 4.69) is 21.2 Å². The smallest absolute Gasteiger partial charge is 0.326 e. The molecular formula is C13H16BrNO3. The second-order valence-corrected chi connectivity index (χ2v) is 4.92. The summed E-state index contributed by atoms with van der Waals surface area (Å²) in [6.07, 6.45) is 1.13. The summed E-state index contributed by atoms with van der Waals surface area (Å²) in [4.78, 5) is 23.0. The third-order valence-corrected chi connectivity index (χ3v) is 3.55. The van der Waals surface area contributed by atoms with Crippen molar-refractivity contribution in [3.63, 3.8) is 0 Å². The number of hydrogen-bond acceptors (Lipinski definition) is 2. The van der Waals surface area contributed by atoms with Crippen molar-refractivity contribution < 1.29 is 14.7 Å². The molecule has 0 fully saturated rings. The molecule has 0 aliphatic heterocycles. The monoisotopic (exact) mass is 313 g/mol. The van der Waals surface area contributed by atoms with E-state index in [0.717, 1.165) is 10.0 Å². The number of carboxylic acids is 1. The maximum absolute atomic E-state index is 12.0. The Morgan fingerprint density at radius 2 is 2.11 bits per heavy atom. The van der Waals surface area contributed by atoms with Gasteiger partial charge >= 0.3 is 5.97 Å². The Bertz CT molecular complexity index is 460. The molecule has 0 radical (unpaired) electrons. The van der Waals surface area contributed by atoms with Crippen LogP contribution in [0.2, 0.25) is 0 Å². The molecule has 1 amide bonds. The first-order valence-corrected chi connectivity index (χ1v) is 6.55. The number of benzene rings is 1. The molecule has 1 aromatic carbocycles. The van der Waals surface area contributed by atoms with Gasteiger partial charge in [0, 0.05) is 10.0 Å². The Labute approximate surface area is 115 Å². The molecule has 1 unspecified atom stereocenters. The normalized spacial score (nSPS) is 11.9. The van der Waals surface area contributed by atoms with Crippen LogP contribution < -0.4 is 5.32 Å². The van der Waals surface area contributed by atoms with Crippen molar-refractivity contribution in [1.29, 1.82) is 0 Å². The molecule has 0 saturated carbocycles. The highest BCUT2D eigenvalue weighted by Gasteiger charge is 2.20. The van der Waals surface area contributed by atoms with E-state index in [1.54, 1.807) is 12.1 Å². The molecule has 5 heteroatoms. The van der Waals surface area contributed by atoms with Gasteiger partial charge in [0.1, 0.15) is 6.04 Å². The van der Waals surface area contributed by atoms with Crippen LogP contribution in [0.1, 0.15) is 35.7 Å². The van der Waals surface area contributed by atoms with Crippen LogP contribution in [-0.4, -0.2) is 23.0 Å². The van der Waals surface area contributed by atoms with Gasteiger partial charge in [-0.25, -0.2) is 4.79 Å². The summed E-state index contributed by atoms with van der Waals surface area (Å²) in [5.41, 5.74) is 1.29. The van der Waals surface area contributed by atoms with Gasteiger partial charge in [0.25, 0.3) is 5.91 Å². The molecule has 1 atom stereocenters. The first kappa shape index (κ1) is 14.7. The lowest BCUT2D eigenvalue weighted by molar-refractivity contribution is -0.139. The maximum Gasteiger partial charge on any atom is 0.326 e. The minimum Gasteiger partial charge on any atom is -0.480 e. The summed E-state index contributed by atoms with van der Waals surface area (Å²) in [6.45, 7) is 3.70. The summed E-state index contributed by atoms with van der Waals surface area (Å²) >= 11 is 3.34. The largest absolute Gasteiger partial charge is 0.480 e. The number of hydrogen-bond donors (Lipinski definition) is 2. The van der Waals surface area contributed by atoms with E-state index in [-0.39, 0.29) is 5.91 Å². The predicted molar refractivity (Wildman–Crippen MR) is 72.7 cm³/mol. The van der Waals surface area contributed by atoms with Crippen molar-refractivity contribution in [2.75, 3.05) is 0 Å². The van der Waals surface area contributed by atoms with Gasteiger partial charge < -0.3 is 10.4 Å². The number of rotatable bonds is 5. The van der Waals surface area contributed by atoms with Crippen molar-refractivity contribution in [3.05, 3.63) is 33.8 Å². The van der Waals surface area contributed by atoms with Crippen LogP contribution in [-0.2, 0) is 4.79 Å². The van der Waals surface area contributed by atoms with Gasteiger partial charge in [0.05, 0.1) is 0 Å². The lowest BCUT2D eigenvalue weighted by Gasteiger charge is -2.14. The molecule has 0 bridgehead atoms. The van der Waals surface area contributed by atoms with E-state index in [1.807, 2.05) is 19.9 Å². The number of carboxylic acid groups (broad SMARTS) is 1. The summed E-state index contributed by atoms with van der Waals surface area (Å²) < 4.78 is 0.831. The Morgan fingerprint density at radius 3 is 2.67 bits per heavy atom. The molecule has 98 valence electrons. The Kier molecular flexibility index (Phi) is 5.34. The lowest BCUT2D eigenvalue weighted by Crippen LogP contribution is -2.40. The predicted octanol–water partition coefficient (Wildman–Crippen LogP) is 2.74. The highest BCUT2D eigenvalue weighted by Crippen LogP contribution is 2.19. The van der Waals surface area contributed by atoms with E-state index in [4.69, 9.17) is 5.11 Å². The summed E-state index contributed by atoms with van der Waals surface area (Å²) in [5.74, 6) is -1.35. The molecule has 0 aliphatic rings. The molecule has 0 spiro atoms. The summed E-state index contributed by atoms with van der Waals surface area (Å²) in [6, 6.07) is 4.44. The van der Waals surface area contributed by atoms with E-state index in [1.165, 1.54) is 0 Å².